The Balaban J connectivity index is 1.68. The van der Waals surface area contributed by atoms with E-state index in [4.69, 9.17) is 14.6 Å². The van der Waals surface area contributed by atoms with E-state index in [2.05, 4.69) is 36.7 Å². The zero-order chi connectivity index (χ0) is 28.7. The number of amides is 2. The summed E-state index contributed by atoms with van der Waals surface area (Å²) in [6.07, 6.45) is 1.94. The lowest BCUT2D eigenvalue weighted by atomic mass is 9.99. The van der Waals surface area contributed by atoms with E-state index in [-0.39, 0.29) is 35.4 Å². The Bertz CT molecular complexity index is 1590. The SMILES string of the molecule is COc1cccc(OC)c1-c1nn(-c2cccc(C)c2C)c2c1C(c1ccsc1)SCC(=O)N2CC(=O)NC1CC1. The van der Waals surface area contributed by atoms with E-state index in [0.717, 1.165) is 40.8 Å². The molecule has 4 aromatic rings. The zero-order valence-electron chi connectivity index (χ0n) is 23.5. The number of hydrogen-bond acceptors (Lipinski definition) is 7. The molecule has 10 heteroatoms. The number of nitrogens with zero attached hydrogens (tertiary/aromatic N) is 3. The van der Waals surface area contributed by atoms with Crippen LogP contribution in [0.2, 0.25) is 0 Å². The highest BCUT2D eigenvalue weighted by molar-refractivity contribution is 8.00. The van der Waals surface area contributed by atoms with E-state index >= 15 is 0 Å². The fraction of sp³-hybridized carbons (Fsp3) is 0.323. The van der Waals surface area contributed by atoms with Crippen LogP contribution in [0.15, 0.2) is 53.2 Å². The molecule has 1 N–H and O–H groups in total. The number of aryl methyl sites for hydroxylation is 1. The number of fused-ring (bicyclic) bond motifs is 1. The van der Waals surface area contributed by atoms with Crippen molar-refractivity contribution < 1.29 is 19.1 Å². The fourth-order valence-electron chi connectivity index (χ4n) is 5.25. The van der Waals surface area contributed by atoms with Crippen molar-refractivity contribution in [3.05, 3.63) is 75.5 Å². The molecule has 1 atom stereocenters. The van der Waals surface area contributed by atoms with Gasteiger partial charge >= 0.3 is 0 Å². The van der Waals surface area contributed by atoms with E-state index in [1.165, 1.54) is 0 Å². The van der Waals surface area contributed by atoms with Crippen molar-refractivity contribution in [2.45, 2.75) is 38.0 Å². The maximum absolute atomic E-state index is 13.9. The summed E-state index contributed by atoms with van der Waals surface area (Å²) in [4.78, 5) is 28.7. The molecule has 2 amide bonds. The topological polar surface area (TPSA) is 85.7 Å². The largest absolute Gasteiger partial charge is 0.496 e. The number of carbonyl (C=O) groups excluding carboxylic acids is 2. The lowest BCUT2D eigenvalue weighted by Gasteiger charge is -2.24. The predicted molar refractivity (Wildman–Crippen MR) is 164 cm³/mol. The minimum absolute atomic E-state index is 0.0850. The Morgan fingerprint density at radius 1 is 1.07 bits per heavy atom. The van der Waals surface area contributed by atoms with Crippen LogP contribution in [0.3, 0.4) is 0 Å². The summed E-state index contributed by atoms with van der Waals surface area (Å²) in [6, 6.07) is 14.0. The van der Waals surface area contributed by atoms with Gasteiger partial charge in [0.05, 0.1) is 36.5 Å². The molecule has 0 bridgehead atoms. The van der Waals surface area contributed by atoms with Crippen molar-refractivity contribution in [1.29, 1.82) is 0 Å². The molecule has 41 heavy (non-hydrogen) atoms. The molecule has 212 valence electrons. The first-order valence-corrected chi connectivity index (χ1v) is 15.5. The van der Waals surface area contributed by atoms with Crippen LogP contribution in [-0.4, -0.2) is 54.2 Å². The normalized spacial score (nSPS) is 16.7. The lowest BCUT2D eigenvalue weighted by Crippen LogP contribution is -2.43. The second-order valence-corrected chi connectivity index (χ2v) is 12.2. The predicted octanol–water partition coefficient (Wildman–Crippen LogP) is 5.68. The number of methoxy groups -OCH3 is 2. The molecule has 0 spiro atoms. The molecule has 2 aromatic heterocycles. The first-order valence-electron chi connectivity index (χ1n) is 13.6. The second kappa shape index (κ2) is 11.3. The van der Waals surface area contributed by atoms with Gasteiger partial charge in [0, 0.05) is 11.6 Å². The molecule has 1 saturated carbocycles. The number of carbonyl (C=O) groups is 2. The average Bonchev–Trinajstić information content (AvgIpc) is 3.50. The number of rotatable bonds is 8. The summed E-state index contributed by atoms with van der Waals surface area (Å²) in [7, 11) is 3.25. The maximum atomic E-state index is 13.9. The van der Waals surface area contributed by atoms with Crippen LogP contribution < -0.4 is 19.7 Å². The Kier molecular flexibility index (Phi) is 7.52. The Labute approximate surface area is 247 Å². The monoisotopic (exact) mass is 588 g/mol. The van der Waals surface area contributed by atoms with Crippen molar-refractivity contribution in [3.63, 3.8) is 0 Å². The fourth-order valence-corrected chi connectivity index (χ4v) is 7.21. The summed E-state index contributed by atoms with van der Waals surface area (Å²) in [5, 5.41) is 12.2. The summed E-state index contributed by atoms with van der Waals surface area (Å²) >= 11 is 3.16. The van der Waals surface area contributed by atoms with Crippen molar-refractivity contribution in [2.75, 3.05) is 31.4 Å². The number of aromatic nitrogens is 2. The minimum Gasteiger partial charge on any atom is -0.496 e. The van der Waals surface area contributed by atoms with Crippen LogP contribution in [0.1, 0.15) is 40.3 Å². The first kappa shape index (κ1) is 27.4. The third kappa shape index (κ3) is 5.10. The van der Waals surface area contributed by atoms with Crippen LogP contribution in [0.25, 0.3) is 16.9 Å². The van der Waals surface area contributed by atoms with Gasteiger partial charge in [-0.15, -0.1) is 11.8 Å². The number of thiophene rings is 1. The molecule has 1 unspecified atom stereocenters. The van der Waals surface area contributed by atoms with Crippen molar-refractivity contribution in [3.8, 4) is 28.4 Å². The lowest BCUT2D eigenvalue weighted by molar-refractivity contribution is -0.123. The second-order valence-electron chi connectivity index (χ2n) is 10.3. The number of thioether (sulfide) groups is 1. The van der Waals surface area contributed by atoms with Crippen molar-refractivity contribution >= 4 is 40.7 Å². The molecule has 2 aliphatic rings. The highest BCUT2D eigenvalue weighted by atomic mass is 32.2. The van der Waals surface area contributed by atoms with E-state index < -0.39 is 0 Å². The highest BCUT2D eigenvalue weighted by Gasteiger charge is 2.39. The van der Waals surface area contributed by atoms with Gasteiger partial charge in [-0.2, -0.15) is 16.4 Å². The third-order valence-electron chi connectivity index (χ3n) is 7.65. The van der Waals surface area contributed by atoms with Gasteiger partial charge in [-0.05, 0) is 78.4 Å². The minimum atomic E-state index is -0.208. The number of anilines is 1. The Hall–Kier alpha value is -3.76. The Morgan fingerprint density at radius 2 is 1.80 bits per heavy atom. The molecule has 0 saturated heterocycles. The van der Waals surface area contributed by atoms with Gasteiger partial charge in [0.25, 0.3) is 0 Å². The smallest absolute Gasteiger partial charge is 0.240 e. The van der Waals surface area contributed by atoms with Gasteiger partial charge in [0.1, 0.15) is 29.6 Å². The Morgan fingerprint density at radius 3 is 2.46 bits per heavy atom. The zero-order valence-corrected chi connectivity index (χ0v) is 25.1. The molecular formula is C31H32N4O4S2. The summed E-state index contributed by atoms with van der Waals surface area (Å²) in [5.41, 5.74) is 6.27. The van der Waals surface area contributed by atoms with E-state index in [0.29, 0.717) is 28.6 Å². The molecule has 0 radical (unpaired) electrons. The summed E-state index contributed by atoms with van der Waals surface area (Å²) < 4.78 is 13.5. The average molecular weight is 589 g/mol. The molecule has 1 fully saturated rings. The van der Waals surface area contributed by atoms with Gasteiger partial charge < -0.3 is 14.8 Å². The van der Waals surface area contributed by atoms with Gasteiger partial charge in [-0.25, -0.2) is 4.68 Å². The van der Waals surface area contributed by atoms with E-state index in [1.54, 1.807) is 42.2 Å². The van der Waals surface area contributed by atoms with Crippen LogP contribution in [0.5, 0.6) is 11.5 Å². The molecule has 1 aliphatic heterocycles. The summed E-state index contributed by atoms with van der Waals surface area (Å²) in [6.45, 7) is 4.02. The molecule has 2 aromatic carbocycles. The number of nitrogens with one attached hydrogen (secondary N) is 1. The van der Waals surface area contributed by atoms with Crippen LogP contribution in [0.4, 0.5) is 5.82 Å². The van der Waals surface area contributed by atoms with E-state index in [9.17, 15) is 9.59 Å². The summed E-state index contributed by atoms with van der Waals surface area (Å²) in [5.74, 6) is 1.74. The number of ether oxygens (including phenoxy) is 2. The quantitative estimate of drug-likeness (QED) is 0.285. The third-order valence-corrected chi connectivity index (χ3v) is 9.60. The highest BCUT2D eigenvalue weighted by Crippen LogP contribution is 2.52. The molecule has 6 rings (SSSR count). The van der Waals surface area contributed by atoms with E-state index in [1.807, 2.05) is 40.4 Å². The van der Waals surface area contributed by atoms with Gasteiger partial charge in [-0.3, -0.25) is 14.5 Å². The van der Waals surface area contributed by atoms with Crippen LogP contribution >= 0.6 is 23.1 Å². The molecule has 1 aliphatic carbocycles. The standard InChI is InChI=1S/C31H32N4O4S2/c1-18-7-5-8-22(19(18)2)35-31-28(29(33-35)27-23(38-3)9-6-10-24(27)39-4)30(20-13-14-40-16-20)41-17-26(37)34(31)15-25(36)32-21-11-12-21/h5-10,13-14,16,21,30H,11-12,15,17H2,1-4H3,(H,32,36). The molecule has 8 nitrogen and oxygen atoms in total. The number of hydrogen-bond donors (Lipinski definition) is 1. The molecule has 3 heterocycles. The maximum Gasteiger partial charge on any atom is 0.240 e. The van der Waals surface area contributed by atoms with Crippen LogP contribution in [0, 0.1) is 13.8 Å². The molecular weight excluding hydrogens is 556 g/mol. The van der Waals surface area contributed by atoms with Crippen molar-refractivity contribution in [2.24, 2.45) is 0 Å². The van der Waals surface area contributed by atoms with Gasteiger partial charge in [-0.1, -0.05) is 18.2 Å². The van der Waals surface area contributed by atoms with Gasteiger partial charge in [0.15, 0.2) is 0 Å². The van der Waals surface area contributed by atoms with Gasteiger partial charge in [0.2, 0.25) is 11.8 Å². The first-order chi connectivity index (χ1) is 19.9. The van der Waals surface area contributed by atoms with Crippen molar-refractivity contribution in [1.82, 2.24) is 15.1 Å². The van der Waals surface area contributed by atoms with Crippen LogP contribution in [-0.2, 0) is 9.59 Å². The number of benzene rings is 2.